The van der Waals surface area contributed by atoms with E-state index in [0.717, 1.165) is 5.56 Å². The lowest BCUT2D eigenvalue weighted by Gasteiger charge is -2.31. The third-order valence-electron chi connectivity index (χ3n) is 5.10. The Bertz CT molecular complexity index is 1310. The average molecular weight is 458 g/mol. The van der Waals surface area contributed by atoms with Crippen molar-refractivity contribution in [2.24, 2.45) is 0 Å². The van der Waals surface area contributed by atoms with Crippen LogP contribution in [0.2, 0.25) is 0 Å². The van der Waals surface area contributed by atoms with E-state index < -0.39 is 29.5 Å². The van der Waals surface area contributed by atoms with Crippen LogP contribution in [-0.2, 0) is 4.79 Å². The van der Waals surface area contributed by atoms with Crippen LogP contribution >= 0.6 is 0 Å². The molecule has 0 spiro atoms. The van der Waals surface area contributed by atoms with Gasteiger partial charge in [0.15, 0.2) is 0 Å². The minimum Gasteiger partial charge on any atom is -0.324 e. The van der Waals surface area contributed by atoms with Gasteiger partial charge in [0.2, 0.25) is 0 Å². The van der Waals surface area contributed by atoms with E-state index in [9.17, 15) is 14.0 Å². The van der Waals surface area contributed by atoms with Crippen molar-refractivity contribution in [3.05, 3.63) is 120 Å². The number of aromatic nitrogens is 2. The summed E-state index contributed by atoms with van der Waals surface area (Å²) in [6.07, 6.45) is 4.06. The highest BCUT2D eigenvalue weighted by Crippen LogP contribution is 2.32. The number of amides is 2. The van der Waals surface area contributed by atoms with Crippen molar-refractivity contribution in [3.8, 4) is 0 Å². The third kappa shape index (κ3) is 4.96. The Morgan fingerprint density at radius 1 is 0.941 bits per heavy atom. The van der Waals surface area contributed by atoms with E-state index in [1.165, 1.54) is 66.0 Å². The van der Waals surface area contributed by atoms with Crippen molar-refractivity contribution < 1.29 is 18.4 Å². The van der Waals surface area contributed by atoms with Crippen LogP contribution in [-0.4, -0.2) is 21.8 Å². The maximum absolute atomic E-state index is 15.0. The van der Waals surface area contributed by atoms with Crippen LogP contribution in [0.15, 0.2) is 91.4 Å². The minimum atomic E-state index is -1.40. The first-order valence-corrected chi connectivity index (χ1v) is 10.4. The van der Waals surface area contributed by atoms with Crippen molar-refractivity contribution in [3.63, 3.8) is 0 Å². The standard InChI is InChI=1S/C26H20F2N4O2/c1-17-5-4-6-20(15-17)32(26(34)23-16-29-13-14-30-23)24(21-7-2-3-8-22(21)28)25(33)31-19-11-9-18(27)10-12-19/h2-16,24H,1H3,(H,31,33)/t24-/m0/s1. The predicted molar refractivity (Wildman–Crippen MR) is 124 cm³/mol. The smallest absolute Gasteiger partial charge is 0.279 e. The van der Waals surface area contributed by atoms with Crippen LogP contribution in [0.4, 0.5) is 20.2 Å². The summed E-state index contributed by atoms with van der Waals surface area (Å²) >= 11 is 0. The number of nitrogens with zero attached hydrogens (tertiary/aromatic N) is 3. The number of carbonyl (C=O) groups is 2. The van der Waals surface area contributed by atoms with Gasteiger partial charge in [0.05, 0.1) is 6.20 Å². The molecule has 4 aromatic rings. The quantitative estimate of drug-likeness (QED) is 0.437. The summed E-state index contributed by atoms with van der Waals surface area (Å²) in [6, 6.07) is 16.4. The molecule has 1 atom stereocenters. The summed E-state index contributed by atoms with van der Waals surface area (Å²) in [7, 11) is 0. The molecule has 0 aliphatic rings. The Labute approximate surface area is 194 Å². The van der Waals surface area contributed by atoms with Crippen LogP contribution in [0.1, 0.15) is 27.7 Å². The molecular weight excluding hydrogens is 438 g/mol. The Kier molecular flexibility index (Phi) is 6.68. The molecule has 1 N–H and O–H groups in total. The molecule has 3 aromatic carbocycles. The highest BCUT2D eigenvalue weighted by molar-refractivity contribution is 6.11. The number of benzene rings is 3. The van der Waals surface area contributed by atoms with Crippen LogP contribution < -0.4 is 10.2 Å². The summed E-state index contributed by atoms with van der Waals surface area (Å²) in [5.74, 6) is -2.45. The van der Waals surface area contributed by atoms with E-state index in [1.807, 2.05) is 13.0 Å². The first-order valence-electron chi connectivity index (χ1n) is 10.4. The maximum Gasteiger partial charge on any atom is 0.279 e. The minimum absolute atomic E-state index is 0.0131. The lowest BCUT2D eigenvalue weighted by Crippen LogP contribution is -2.42. The molecule has 8 heteroatoms. The zero-order valence-electron chi connectivity index (χ0n) is 18.2. The van der Waals surface area contributed by atoms with Crippen molar-refractivity contribution in [2.75, 3.05) is 10.2 Å². The third-order valence-corrected chi connectivity index (χ3v) is 5.10. The van der Waals surface area contributed by atoms with Gasteiger partial charge in [0, 0.05) is 29.3 Å². The molecular formula is C26H20F2N4O2. The molecule has 1 aromatic heterocycles. The molecule has 1 heterocycles. The lowest BCUT2D eigenvalue weighted by molar-refractivity contribution is -0.117. The second-order valence-electron chi connectivity index (χ2n) is 7.53. The van der Waals surface area contributed by atoms with Gasteiger partial charge in [0.1, 0.15) is 23.4 Å². The van der Waals surface area contributed by atoms with E-state index in [4.69, 9.17) is 0 Å². The molecule has 0 unspecified atom stereocenters. The van der Waals surface area contributed by atoms with Crippen molar-refractivity contribution in [1.82, 2.24) is 9.97 Å². The van der Waals surface area contributed by atoms with Gasteiger partial charge in [0.25, 0.3) is 11.8 Å². The molecule has 0 aliphatic heterocycles. The molecule has 0 fully saturated rings. The zero-order chi connectivity index (χ0) is 24.1. The van der Waals surface area contributed by atoms with Gasteiger partial charge in [-0.25, -0.2) is 13.8 Å². The normalized spacial score (nSPS) is 11.5. The molecule has 6 nitrogen and oxygen atoms in total. The first kappa shape index (κ1) is 22.7. The molecule has 170 valence electrons. The van der Waals surface area contributed by atoms with Crippen LogP contribution in [0.3, 0.4) is 0 Å². The largest absolute Gasteiger partial charge is 0.324 e. The van der Waals surface area contributed by atoms with Gasteiger partial charge in [-0.05, 0) is 55.0 Å². The van der Waals surface area contributed by atoms with Gasteiger partial charge in [-0.1, -0.05) is 30.3 Å². The Morgan fingerprint density at radius 2 is 1.71 bits per heavy atom. The number of rotatable bonds is 6. The molecule has 2 amide bonds. The summed E-state index contributed by atoms with van der Waals surface area (Å²) in [5, 5.41) is 2.66. The molecule has 34 heavy (non-hydrogen) atoms. The Balaban J connectivity index is 1.87. The topological polar surface area (TPSA) is 75.2 Å². The number of aryl methyl sites for hydroxylation is 1. The van der Waals surface area contributed by atoms with Gasteiger partial charge in [-0.3, -0.25) is 19.5 Å². The fourth-order valence-corrected chi connectivity index (χ4v) is 3.53. The summed E-state index contributed by atoms with van der Waals surface area (Å²) < 4.78 is 28.4. The van der Waals surface area contributed by atoms with Gasteiger partial charge in [-0.2, -0.15) is 0 Å². The predicted octanol–water partition coefficient (Wildman–Crippen LogP) is 5.09. The second-order valence-corrected chi connectivity index (χ2v) is 7.53. The van der Waals surface area contributed by atoms with Crippen molar-refractivity contribution >= 4 is 23.2 Å². The Morgan fingerprint density at radius 3 is 2.38 bits per heavy atom. The number of hydrogen-bond donors (Lipinski definition) is 1. The first-order chi connectivity index (χ1) is 16.4. The summed E-state index contributed by atoms with van der Waals surface area (Å²) in [6.45, 7) is 1.84. The lowest BCUT2D eigenvalue weighted by atomic mass is 10.0. The van der Waals surface area contributed by atoms with Gasteiger partial charge in [-0.15, -0.1) is 0 Å². The second kappa shape index (κ2) is 9.99. The molecule has 4 rings (SSSR count). The summed E-state index contributed by atoms with van der Waals surface area (Å²) in [4.78, 5) is 36.5. The number of carbonyl (C=O) groups excluding carboxylic acids is 2. The SMILES string of the molecule is Cc1cccc(N(C(=O)c2cnccn2)[C@H](C(=O)Nc2ccc(F)cc2)c2ccccc2F)c1. The van der Waals surface area contributed by atoms with Crippen LogP contribution in [0.5, 0.6) is 0 Å². The van der Waals surface area contributed by atoms with Gasteiger partial charge < -0.3 is 5.32 Å². The molecule has 0 aliphatic carbocycles. The number of nitrogens with one attached hydrogen (secondary N) is 1. The number of anilines is 2. The molecule has 0 radical (unpaired) electrons. The highest BCUT2D eigenvalue weighted by atomic mass is 19.1. The van der Waals surface area contributed by atoms with Gasteiger partial charge >= 0.3 is 0 Å². The fourth-order valence-electron chi connectivity index (χ4n) is 3.53. The fraction of sp³-hybridized carbons (Fsp3) is 0.0769. The van der Waals surface area contributed by atoms with E-state index >= 15 is 4.39 Å². The van der Waals surface area contributed by atoms with Crippen molar-refractivity contribution in [1.29, 1.82) is 0 Å². The molecule has 0 bridgehead atoms. The van der Waals surface area contributed by atoms with E-state index in [1.54, 1.807) is 24.3 Å². The number of hydrogen-bond acceptors (Lipinski definition) is 4. The van der Waals surface area contributed by atoms with Crippen LogP contribution in [0.25, 0.3) is 0 Å². The number of halogens is 2. The summed E-state index contributed by atoms with van der Waals surface area (Å²) in [5.41, 5.74) is 1.48. The van der Waals surface area contributed by atoms with Crippen LogP contribution in [0, 0.1) is 18.6 Å². The Hall–Kier alpha value is -4.46. The molecule has 0 saturated carbocycles. The monoisotopic (exact) mass is 458 g/mol. The van der Waals surface area contributed by atoms with E-state index in [0.29, 0.717) is 11.4 Å². The van der Waals surface area contributed by atoms with E-state index in [2.05, 4.69) is 15.3 Å². The van der Waals surface area contributed by atoms with E-state index in [-0.39, 0.29) is 11.3 Å². The van der Waals surface area contributed by atoms with Crippen molar-refractivity contribution in [2.45, 2.75) is 13.0 Å². The highest BCUT2D eigenvalue weighted by Gasteiger charge is 2.36. The molecule has 0 saturated heterocycles. The zero-order valence-corrected chi connectivity index (χ0v) is 18.2. The average Bonchev–Trinajstić information content (AvgIpc) is 2.84. The maximum atomic E-state index is 15.0.